The Hall–Kier alpha value is -1.82. The number of unbranched alkanes of at least 4 members (excludes halogenated alkanes) is 1. The van der Waals surface area contributed by atoms with Gasteiger partial charge in [-0.1, -0.05) is 68.3 Å². The van der Waals surface area contributed by atoms with E-state index in [0.717, 1.165) is 5.92 Å². The Bertz CT molecular complexity index is 810. The molecule has 0 radical (unpaired) electrons. The largest absolute Gasteiger partial charge is 0.0760 e. The summed E-state index contributed by atoms with van der Waals surface area (Å²) in [5.41, 5.74) is 1.58. The Morgan fingerprint density at radius 3 is 2.55 bits per heavy atom. The van der Waals surface area contributed by atoms with E-state index in [4.69, 9.17) is 0 Å². The molecular formula is C20H20. The molecule has 3 aromatic rings. The lowest BCUT2D eigenvalue weighted by Crippen LogP contribution is -2.14. The molecule has 0 N–H and O–H groups in total. The Morgan fingerprint density at radius 2 is 1.75 bits per heavy atom. The summed E-state index contributed by atoms with van der Waals surface area (Å²) in [7, 11) is 0. The fourth-order valence-electron chi connectivity index (χ4n) is 3.77. The summed E-state index contributed by atoms with van der Waals surface area (Å²) in [6, 6.07) is 15.9. The predicted octanol–water partition coefficient (Wildman–Crippen LogP) is 5.17. The molecule has 0 saturated heterocycles. The van der Waals surface area contributed by atoms with Crippen molar-refractivity contribution < 1.29 is 0 Å². The molecule has 1 unspecified atom stereocenters. The van der Waals surface area contributed by atoms with Crippen molar-refractivity contribution in [3.63, 3.8) is 0 Å². The van der Waals surface area contributed by atoms with Crippen LogP contribution in [-0.2, 0) is 0 Å². The maximum atomic E-state index is 2.45. The average molecular weight is 260 g/mol. The minimum atomic E-state index is 0.720. The highest BCUT2D eigenvalue weighted by atomic mass is 14.2. The Labute approximate surface area is 120 Å². The van der Waals surface area contributed by atoms with E-state index < -0.39 is 0 Å². The molecule has 0 nitrogen and oxygen atoms in total. The van der Waals surface area contributed by atoms with Crippen LogP contribution in [-0.4, -0.2) is 0 Å². The summed E-state index contributed by atoms with van der Waals surface area (Å²) in [6.45, 7) is 2.29. The van der Waals surface area contributed by atoms with Crippen molar-refractivity contribution >= 4 is 27.6 Å². The normalized spacial score (nSPS) is 17.6. The monoisotopic (exact) mass is 260 g/mol. The van der Waals surface area contributed by atoms with Crippen molar-refractivity contribution in [2.45, 2.75) is 38.5 Å². The molecule has 1 atom stereocenters. The van der Waals surface area contributed by atoms with Crippen LogP contribution < -0.4 is 5.22 Å². The van der Waals surface area contributed by atoms with Crippen LogP contribution in [0.2, 0.25) is 0 Å². The Kier molecular flexibility index (Phi) is 2.77. The van der Waals surface area contributed by atoms with Crippen LogP contribution in [0.3, 0.4) is 0 Å². The lowest BCUT2D eigenvalue weighted by Gasteiger charge is -2.23. The molecule has 1 aliphatic carbocycles. The smallest absolute Gasteiger partial charge is 0.00301 e. The summed E-state index contributed by atoms with van der Waals surface area (Å²) >= 11 is 0. The molecule has 0 heterocycles. The van der Waals surface area contributed by atoms with Gasteiger partial charge in [0.2, 0.25) is 0 Å². The fourth-order valence-corrected chi connectivity index (χ4v) is 3.77. The zero-order chi connectivity index (χ0) is 13.5. The zero-order valence-electron chi connectivity index (χ0n) is 12.0. The molecular weight excluding hydrogens is 240 g/mol. The molecule has 4 rings (SSSR count). The second-order valence-corrected chi connectivity index (χ2v) is 6.04. The minimum absolute atomic E-state index is 0.720. The molecule has 0 amide bonds. The van der Waals surface area contributed by atoms with E-state index in [0.29, 0.717) is 0 Å². The number of rotatable bonds is 3. The van der Waals surface area contributed by atoms with Gasteiger partial charge >= 0.3 is 0 Å². The van der Waals surface area contributed by atoms with Crippen LogP contribution in [0, 0.1) is 0 Å². The summed E-state index contributed by atoms with van der Waals surface area (Å²) in [5.74, 6) is 0.720. The van der Waals surface area contributed by atoms with Gasteiger partial charge in [-0.3, -0.25) is 0 Å². The molecule has 0 heteroatoms. The highest BCUT2D eigenvalue weighted by Crippen LogP contribution is 2.36. The Morgan fingerprint density at radius 1 is 0.950 bits per heavy atom. The van der Waals surface area contributed by atoms with Gasteiger partial charge in [0, 0.05) is 0 Å². The van der Waals surface area contributed by atoms with Gasteiger partial charge in [-0.15, -0.1) is 0 Å². The van der Waals surface area contributed by atoms with Crippen molar-refractivity contribution in [1.82, 2.24) is 0 Å². The maximum Gasteiger partial charge on any atom is -0.00301 e. The lowest BCUT2D eigenvalue weighted by atomic mass is 9.81. The topological polar surface area (TPSA) is 0 Å². The van der Waals surface area contributed by atoms with Crippen molar-refractivity contribution in [1.29, 1.82) is 0 Å². The first-order chi connectivity index (χ1) is 9.88. The first-order valence-electron chi connectivity index (χ1n) is 7.82. The number of benzene rings is 3. The van der Waals surface area contributed by atoms with Gasteiger partial charge in [0.15, 0.2) is 0 Å². The summed E-state index contributed by atoms with van der Waals surface area (Å²) in [5, 5.41) is 7.20. The molecule has 1 aliphatic rings. The molecule has 0 aromatic heterocycles. The van der Waals surface area contributed by atoms with Gasteiger partial charge in [-0.2, -0.15) is 0 Å². The van der Waals surface area contributed by atoms with Gasteiger partial charge in [-0.25, -0.2) is 0 Å². The summed E-state index contributed by atoms with van der Waals surface area (Å²) < 4.78 is 0. The number of hydrogen-bond donors (Lipinski definition) is 0. The van der Waals surface area contributed by atoms with Crippen LogP contribution >= 0.6 is 0 Å². The second kappa shape index (κ2) is 4.63. The highest BCUT2D eigenvalue weighted by molar-refractivity contribution is 6.11. The molecule has 0 saturated carbocycles. The lowest BCUT2D eigenvalue weighted by molar-refractivity contribution is 0.599. The summed E-state index contributed by atoms with van der Waals surface area (Å²) in [6.07, 6.45) is 7.61. The first kappa shape index (κ1) is 12.0. The SMILES string of the molecule is CCCCC1CC=c2ccc3cccc4ccc1c2c43. The fraction of sp³-hybridized carbons (Fsp3) is 0.300. The van der Waals surface area contributed by atoms with E-state index in [9.17, 15) is 0 Å². The van der Waals surface area contributed by atoms with Crippen LogP contribution in [0.5, 0.6) is 0 Å². The molecule has 3 aromatic carbocycles. The third-order valence-corrected chi connectivity index (χ3v) is 4.81. The number of hydrogen-bond acceptors (Lipinski definition) is 0. The van der Waals surface area contributed by atoms with E-state index in [-0.39, 0.29) is 0 Å². The summed E-state index contributed by atoms with van der Waals surface area (Å²) in [4.78, 5) is 0. The van der Waals surface area contributed by atoms with Gasteiger partial charge in [0.05, 0.1) is 0 Å². The quantitative estimate of drug-likeness (QED) is 0.609. The van der Waals surface area contributed by atoms with Gasteiger partial charge in [0.25, 0.3) is 0 Å². The first-order valence-corrected chi connectivity index (χ1v) is 7.82. The third kappa shape index (κ3) is 1.67. The van der Waals surface area contributed by atoms with Crippen LogP contribution in [0.15, 0.2) is 42.5 Å². The van der Waals surface area contributed by atoms with Crippen LogP contribution in [0.1, 0.15) is 44.1 Å². The van der Waals surface area contributed by atoms with E-state index in [1.807, 2.05) is 0 Å². The third-order valence-electron chi connectivity index (χ3n) is 4.81. The van der Waals surface area contributed by atoms with Crippen molar-refractivity contribution in [2.24, 2.45) is 0 Å². The van der Waals surface area contributed by atoms with Crippen molar-refractivity contribution in [2.75, 3.05) is 0 Å². The van der Waals surface area contributed by atoms with E-state index in [2.05, 4.69) is 55.5 Å². The molecule has 0 bridgehead atoms. The molecule has 0 spiro atoms. The molecule has 20 heavy (non-hydrogen) atoms. The zero-order valence-corrected chi connectivity index (χ0v) is 12.0. The van der Waals surface area contributed by atoms with Crippen LogP contribution in [0.25, 0.3) is 27.6 Å². The maximum absolute atomic E-state index is 2.45. The predicted molar refractivity (Wildman–Crippen MR) is 88.0 cm³/mol. The van der Waals surface area contributed by atoms with E-state index >= 15 is 0 Å². The Balaban J connectivity index is 2.04. The van der Waals surface area contributed by atoms with Gasteiger partial charge in [0.1, 0.15) is 0 Å². The minimum Gasteiger partial charge on any atom is -0.0760 e. The van der Waals surface area contributed by atoms with E-state index in [1.54, 1.807) is 5.56 Å². The molecule has 0 aliphatic heterocycles. The van der Waals surface area contributed by atoms with Crippen molar-refractivity contribution in [3.8, 4) is 0 Å². The standard InChI is InChI=1S/C20H20/c1-2-3-5-14-8-9-17-11-10-15-6-4-7-16-12-13-18(14)20(17)19(15)16/h4,6-7,9-14H,2-3,5,8H2,1H3. The van der Waals surface area contributed by atoms with Crippen LogP contribution in [0.4, 0.5) is 0 Å². The molecule has 0 fully saturated rings. The van der Waals surface area contributed by atoms with E-state index in [1.165, 1.54) is 52.4 Å². The second-order valence-electron chi connectivity index (χ2n) is 6.04. The average Bonchev–Trinajstić information content (AvgIpc) is 2.51. The van der Waals surface area contributed by atoms with Gasteiger partial charge in [-0.05, 0) is 51.1 Å². The van der Waals surface area contributed by atoms with Crippen molar-refractivity contribution in [3.05, 3.63) is 53.2 Å². The highest BCUT2D eigenvalue weighted by Gasteiger charge is 2.18. The van der Waals surface area contributed by atoms with Gasteiger partial charge < -0.3 is 0 Å². The molecule has 100 valence electrons.